The second kappa shape index (κ2) is 4.48. The molecule has 0 unspecified atom stereocenters. The van der Waals surface area contributed by atoms with Crippen LogP contribution in [0.3, 0.4) is 0 Å². The van der Waals surface area contributed by atoms with Gasteiger partial charge in [0.15, 0.2) is 15.7 Å². The van der Waals surface area contributed by atoms with Gasteiger partial charge in [0.2, 0.25) is 0 Å². The number of rotatable bonds is 3. The summed E-state index contributed by atoms with van der Waals surface area (Å²) in [7, 11) is -2.88. The lowest BCUT2D eigenvalue weighted by Crippen LogP contribution is -2.30. The lowest BCUT2D eigenvalue weighted by Gasteiger charge is -2.07. The Hall–Kier alpha value is -1.37. The van der Waals surface area contributed by atoms with E-state index in [1.165, 1.54) is 0 Å². The molecule has 6 nitrogen and oxygen atoms in total. The summed E-state index contributed by atoms with van der Waals surface area (Å²) < 4.78 is 22.5. The van der Waals surface area contributed by atoms with Crippen molar-refractivity contribution < 1.29 is 13.2 Å². The topological polar surface area (TPSA) is 91.9 Å². The van der Waals surface area contributed by atoms with E-state index in [1.807, 2.05) is 6.92 Å². The minimum Gasteiger partial charge on any atom is -0.349 e. The molecule has 2 heterocycles. The monoisotopic (exact) mass is 257 g/mol. The molecule has 1 aliphatic rings. The number of hydrogen-bond donors (Lipinski definition) is 2. The van der Waals surface area contributed by atoms with Crippen LogP contribution in [-0.2, 0) is 9.84 Å². The number of aromatic amines is 1. The molecular weight excluding hydrogens is 242 g/mol. The first kappa shape index (κ1) is 12.1. The molecule has 0 radical (unpaired) electrons. The van der Waals surface area contributed by atoms with Gasteiger partial charge in [0, 0.05) is 18.4 Å². The van der Waals surface area contributed by atoms with Gasteiger partial charge >= 0.3 is 0 Å². The molecule has 1 atom stereocenters. The molecule has 1 aliphatic heterocycles. The van der Waals surface area contributed by atoms with Gasteiger partial charge < -0.3 is 10.3 Å². The van der Waals surface area contributed by atoms with E-state index in [0.717, 1.165) is 5.69 Å². The van der Waals surface area contributed by atoms with Crippen LogP contribution < -0.4 is 5.32 Å². The Bertz CT molecular complexity index is 521. The number of amides is 1. The van der Waals surface area contributed by atoms with Gasteiger partial charge in [-0.3, -0.25) is 4.79 Å². The van der Waals surface area contributed by atoms with Crippen LogP contribution in [-0.4, -0.2) is 42.3 Å². The van der Waals surface area contributed by atoms with Crippen molar-refractivity contribution in [3.05, 3.63) is 17.7 Å². The van der Waals surface area contributed by atoms with Crippen molar-refractivity contribution in [1.29, 1.82) is 0 Å². The zero-order valence-electron chi connectivity index (χ0n) is 9.56. The summed E-state index contributed by atoms with van der Waals surface area (Å²) >= 11 is 0. The van der Waals surface area contributed by atoms with Crippen molar-refractivity contribution in [2.24, 2.45) is 5.92 Å². The number of carbonyl (C=O) groups is 1. The van der Waals surface area contributed by atoms with E-state index in [9.17, 15) is 13.2 Å². The Morgan fingerprint density at radius 2 is 2.41 bits per heavy atom. The highest BCUT2D eigenvalue weighted by atomic mass is 32.2. The molecule has 0 aromatic carbocycles. The highest BCUT2D eigenvalue weighted by Crippen LogP contribution is 2.17. The second-order valence-corrected chi connectivity index (χ2v) is 6.62. The van der Waals surface area contributed by atoms with Gasteiger partial charge in [-0.15, -0.1) is 0 Å². The average Bonchev–Trinajstić information content (AvgIpc) is 2.81. The Morgan fingerprint density at radius 1 is 1.65 bits per heavy atom. The fourth-order valence-electron chi connectivity index (χ4n) is 1.88. The SMILES string of the molecule is Cc1cnc(C(=O)NC[C@@H]2CCS(=O)(=O)C2)[nH]1. The molecule has 0 saturated carbocycles. The Labute approximate surface area is 99.7 Å². The van der Waals surface area contributed by atoms with Crippen molar-refractivity contribution in [2.45, 2.75) is 13.3 Å². The molecule has 2 rings (SSSR count). The van der Waals surface area contributed by atoms with Crippen LogP contribution in [0.1, 0.15) is 22.7 Å². The Kier molecular flexibility index (Phi) is 3.19. The summed E-state index contributed by atoms with van der Waals surface area (Å²) in [5.74, 6) is 0.406. The third-order valence-corrected chi connectivity index (χ3v) is 4.63. The number of imidazole rings is 1. The summed E-state index contributed by atoms with van der Waals surface area (Å²) in [5.41, 5.74) is 0.818. The Balaban J connectivity index is 1.85. The molecule has 1 aromatic rings. The maximum absolute atomic E-state index is 11.6. The Morgan fingerprint density at radius 3 is 2.94 bits per heavy atom. The number of sulfone groups is 1. The number of carbonyl (C=O) groups excluding carboxylic acids is 1. The first-order chi connectivity index (χ1) is 7.96. The maximum atomic E-state index is 11.6. The second-order valence-electron chi connectivity index (χ2n) is 4.39. The molecule has 1 amide bonds. The van der Waals surface area contributed by atoms with E-state index in [0.29, 0.717) is 13.0 Å². The highest BCUT2D eigenvalue weighted by molar-refractivity contribution is 7.91. The van der Waals surface area contributed by atoms with E-state index >= 15 is 0 Å². The third kappa shape index (κ3) is 3.06. The van der Waals surface area contributed by atoms with Gasteiger partial charge in [0.1, 0.15) is 0 Å². The van der Waals surface area contributed by atoms with Crippen LogP contribution in [0.5, 0.6) is 0 Å². The summed E-state index contributed by atoms with van der Waals surface area (Å²) in [5, 5.41) is 2.69. The quantitative estimate of drug-likeness (QED) is 0.789. The van der Waals surface area contributed by atoms with E-state index in [2.05, 4.69) is 15.3 Å². The fraction of sp³-hybridized carbons (Fsp3) is 0.600. The normalized spacial score (nSPS) is 22.5. The molecule has 1 fully saturated rings. The predicted octanol–water partition coefficient (Wildman–Crippen LogP) is -0.117. The van der Waals surface area contributed by atoms with E-state index in [-0.39, 0.29) is 29.2 Å². The van der Waals surface area contributed by atoms with Crippen molar-refractivity contribution >= 4 is 15.7 Å². The van der Waals surface area contributed by atoms with Gasteiger partial charge in [0.25, 0.3) is 5.91 Å². The molecule has 0 spiro atoms. The van der Waals surface area contributed by atoms with Crippen LogP contribution in [0.2, 0.25) is 0 Å². The first-order valence-corrected chi connectivity index (χ1v) is 7.28. The molecular formula is C10H15N3O3S. The summed E-state index contributed by atoms with van der Waals surface area (Å²) in [6.07, 6.45) is 2.20. The summed E-state index contributed by atoms with van der Waals surface area (Å²) in [4.78, 5) is 18.4. The fourth-order valence-corrected chi connectivity index (χ4v) is 3.74. The van der Waals surface area contributed by atoms with E-state index in [4.69, 9.17) is 0 Å². The number of nitrogens with one attached hydrogen (secondary N) is 2. The summed E-state index contributed by atoms with van der Waals surface area (Å²) in [6, 6.07) is 0. The number of nitrogens with zero attached hydrogens (tertiary/aromatic N) is 1. The van der Waals surface area contributed by atoms with Crippen molar-refractivity contribution in [3.8, 4) is 0 Å². The van der Waals surface area contributed by atoms with Crippen LogP contribution in [0, 0.1) is 12.8 Å². The summed E-state index contributed by atoms with van der Waals surface area (Å²) in [6.45, 7) is 2.20. The van der Waals surface area contributed by atoms with Gasteiger partial charge in [0.05, 0.1) is 11.5 Å². The van der Waals surface area contributed by atoms with Crippen LogP contribution in [0.15, 0.2) is 6.20 Å². The average molecular weight is 257 g/mol. The number of aromatic nitrogens is 2. The van der Waals surface area contributed by atoms with E-state index < -0.39 is 9.84 Å². The van der Waals surface area contributed by atoms with Gasteiger partial charge in [-0.05, 0) is 19.3 Å². The van der Waals surface area contributed by atoms with Crippen molar-refractivity contribution in [2.75, 3.05) is 18.1 Å². The van der Waals surface area contributed by atoms with E-state index in [1.54, 1.807) is 6.20 Å². The van der Waals surface area contributed by atoms with Gasteiger partial charge in [-0.25, -0.2) is 13.4 Å². The standard InChI is InChI=1S/C10H15N3O3S/c1-7-4-11-9(13-7)10(14)12-5-8-2-3-17(15,16)6-8/h4,8H,2-3,5-6H2,1H3,(H,11,13)(H,12,14)/t8-/m0/s1. The molecule has 1 saturated heterocycles. The van der Waals surface area contributed by atoms with Crippen molar-refractivity contribution in [3.63, 3.8) is 0 Å². The minimum atomic E-state index is -2.88. The number of H-pyrrole nitrogens is 1. The first-order valence-electron chi connectivity index (χ1n) is 5.46. The van der Waals surface area contributed by atoms with Gasteiger partial charge in [-0.2, -0.15) is 0 Å². The van der Waals surface area contributed by atoms with Gasteiger partial charge in [-0.1, -0.05) is 0 Å². The number of aryl methyl sites for hydroxylation is 1. The molecule has 17 heavy (non-hydrogen) atoms. The zero-order chi connectivity index (χ0) is 12.5. The predicted molar refractivity (Wildman–Crippen MR) is 62.4 cm³/mol. The lowest BCUT2D eigenvalue weighted by molar-refractivity contribution is 0.0939. The molecule has 2 N–H and O–H groups in total. The lowest BCUT2D eigenvalue weighted by atomic mass is 10.1. The van der Waals surface area contributed by atoms with Crippen LogP contribution in [0.25, 0.3) is 0 Å². The van der Waals surface area contributed by atoms with Crippen LogP contribution in [0.4, 0.5) is 0 Å². The molecule has 1 aromatic heterocycles. The highest BCUT2D eigenvalue weighted by Gasteiger charge is 2.28. The molecule has 0 bridgehead atoms. The maximum Gasteiger partial charge on any atom is 0.287 e. The molecule has 94 valence electrons. The smallest absolute Gasteiger partial charge is 0.287 e. The largest absolute Gasteiger partial charge is 0.349 e. The molecule has 0 aliphatic carbocycles. The van der Waals surface area contributed by atoms with Crippen molar-refractivity contribution in [1.82, 2.24) is 15.3 Å². The molecule has 7 heteroatoms. The minimum absolute atomic E-state index is 0.0278. The number of hydrogen-bond acceptors (Lipinski definition) is 4. The third-order valence-electron chi connectivity index (χ3n) is 2.80. The van der Waals surface area contributed by atoms with Crippen LogP contribution >= 0.6 is 0 Å². The zero-order valence-corrected chi connectivity index (χ0v) is 10.4.